The third-order valence-corrected chi connectivity index (χ3v) is 2.45. The van der Waals surface area contributed by atoms with Crippen molar-refractivity contribution in [2.75, 3.05) is 6.54 Å². The Morgan fingerprint density at radius 3 is 2.71 bits per heavy atom. The van der Waals surface area contributed by atoms with Crippen molar-refractivity contribution in [3.8, 4) is 0 Å². The number of benzene rings is 1. The van der Waals surface area contributed by atoms with Gasteiger partial charge in [-0.2, -0.15) is 0 Å². The molecule has 90 valence electrons. The lowest BCUT2D eigenvalue weighted by Gasteiger charge is -2.07. The highest BCUT2D eigenvalue weighted by molar-refractivity contribution is 5.97. The van der Waals surface area contributed by atoms with Crippen LogP contribution in [0.25, 0.3) is 11.0 Å². The van der Waals surface area contributed by atoms with Gasteiger partial charge in [-0.25, -0.2) is 4.79 Å². The molecule has 0 fully saturated rings. The van der Waals surface area contributed by atoms with E-state index in [1.807, 2.05) is 13.8 Å². The molecule has 0 saturated carbocycles. The zero-order valence-corrected chi connectivity index (χ0v) is 9.83. The van der Waals surface area contributed by atoms with E-state index < -0.39 is 0 Å². The lowest BCUT2D eigenvalue weighted by Crippen LogP contribution is -2.27. The number of carbonyl (C=O) groups excluding carboxylic acids is 1. The van der Waals surface area contributed by atoms with Crippen LogP contribution in [0.3, 0.4) is 0 Å². The van der Waals surface area contributed by atoms with Crippen molar-refractivity contribution in [3.05, 3.63) is 34.2 Å². The molecule has 1 aromatic carbocycles. The molecule has 17 heavy (non-hydrogen) atoms. The summed E-state index contributed by atoms with van der Waals surface area (Å²) in [5.74, 6) is 0.289. The van der Waals surface area contributed by atoms with Crippen molar-refractivity contribution >= 4 is 16.9 Å². The molecule has 0 aliphatic carbocycles. The van der Waals surface area contributed by atoms with Crippen molar-refractivity contribution in [2.45, 2.75) is 13.8 Å². The second kappa shape index (κ2) is 4.45. The van der Waals surface area contributed by atoms with E-state index in [9.17, 15) is 9.59 Å². The van der Waals surface area contributed by atoms with Crippen molar-refractivity contribution in [1.82, 2.24) is 15.3 Å². The Kier molecular flexibility index (Phi) is 2.99. The first-order valence-corrected chi connectivity index (χ1v) is 5.56. The minimum atomic E-state index is -0.264. The lowest BCUT2D eigenvalue weighted by atomic mass is 10.1. The smallest absolute Gasteiger partial charge is 0.323 e. The highest BCUT2D eigenvalue weighted by Crippen LogP contribution is 2.10. The molecule has 0 aliphatic heterocycles. The number of amides is 1. The number of nitrogens with one attached hydrogen (secondary N) is 3. The summed E-state index contributed by atoms with van der Waals surface area (Å²) in [5, 5.41) is 2.83. The summed E-state index contributed by atoms with van der Waals surface area (Å²) in [6, 6.07) is 5.09. The van der Waals surface area contributed by atoms with Crippen molar-refractivity contribution < 1.29 is 4.79 Å². The first-order chi connectivity index (χ1) is 8.06. The number of aromatic amines is 2. The van der Waals surface area contributed by atoms with Gasteiger partial charge in [-0.05, 0) is 24.1 Å². The second-order valence-corrected chi connectivity index (χ2v) is 4.44. The third-order valence-electron chi connectivity index (χ3n) is 2.45. The van der Waals surface area contributed by atoms with Crippen LogP contribution in [-0.2, 0) is 0 Å². The fourth-order valence-corrected chi connectivity index (χ4v) is 1.57. The quantitative estimate of drug-likeness (QED) is 0.746. The van der Waals surface area contributed by atoms with Crippen LogP contribution in [-0.4, -0.2) is 22.4 Å². The number of rotatable bonds is 3. The molecule has 0 aliphatic rings. The largest absolute Gasteiger partial charge is 0.352 e. The number of imidazole rings is 1. The van der Waals surface area contributed by atoms with Gasteiger partial charge in [0.1, 0.15) is 0 Å². The summed E-state index contributed by atoms with van der Waals surface area (Å²) in [6.45, 7) is 4.71. The fourth-order valence-electron chi connectivity index (χ4n) is 1.57. The summed E-state index contributed by atoms with van der Waals surface area (Å²) in [5.41, 5.74) is 1.63. The molecule has 2 aromatic rings. The van der Waals surface area contributed by atoms with E-state index in [1.165, 1.54) is 0 Å². The Bertz CT molecular complexity index is 595. The van der Waals surface area contributed by atoms with Crippen LogP contribution in [0.15, 0.2) is 23.0 Å². The topological polar surface area (TPSA) is 77.8 Å². The summed E-state index contributed by atoms with van der Waals surface area (Å²) in [4.78, 5) is 28.1. The maximum absolute atomic E-state index is 11.8. The number of hydrogen-bond acceptors (Lipinski definition) is 2. The molecule has 1 aromatic heterocycles. The molecule has 0 atom stereocenters. The minimum Gasteiger partial charge on any atom is -0.352 e. The second-order valence-electron chi connectivity index (χ2n) is 4.44. The van der Waals surface area contributed by atoms with E-state index in [0.29, 0.717) is 29.1 Å². The van der Waals surface area contributed by atoms with Gasteiger partial charge < -0.3 is 15.3 Å². The maximum atomic E-state index is 11.8. The number of H-pyrrole nitrogens is 2. The molecule has 5 nitrogen and oxygen atoms in total. The Morgan fingerprint density at radius 2 is 2.00 bits per heavy atom. The molecule has 5 heteroatoms. The fraction of sp³-hybridized carbons (Fsp3) is 0.333. The van der Waals surface area contributed by atoms with E-state index in [1.54, 1.807) is 18.2 Å². The van der Waals surface area contributed by atoms with Crippen LogP contribution in [0.1, 0.15) is 24.2 Å². The highest BCUT2D eigenvalue weighted by atomic mass is 16.2. The lowest BCUT2D eigenvalue weighted by molar-refractivity contribution is 0.0949. The summed E-state index contributed by atoms with van der Waals surface area (Å²) in [7, 11) is 0. The molecule has 0 spiro atoms. The highest BCUT2D eigenvalue weighted by Gasteiger charge is 2.07. The van der Waals surface area contributed by atoms with E-state index in [0.717, 1.165) is 0 Å². The standard InChI is InChI=1S/C12H15N3O2/c1-7(2)6-13-11(16)8-3-4-9-10(5-8)15-12(17)14-9/h3-5,7H,6H2,1-2H3,(H,13,16)(H2,14,15,17). The Balaban J connectivity index is 2.23. The van der Waals surface area contributed by atoms with E-state index in [4.69, 9.17) is 0 Å². The van der Waals surface area contributed by atoms with Crippen LogP contribution < -0.4 is 11.0 Å². The van der Waals surface area contributed by atoms with Gasteiger partial charge in [0.15, 0.2) is 0 Å². The van der Waals surface area contributed by atoms with Crippen LogP contribution in [0.2, 0.25) is 0 Å². The van der Waals surface area contributed by atoms with Crippen LogP contribution >= 0.6 is 0 Å². The average Bonchev–Trinajstić information content (AvgIpc) is 2.64. The van der Waals surface area contributed by atoms with Gasteiger partial charge in [0.05, 0.1) is 11.0 Å². The zero-order chi connectivity index (χ0) is 12.4. The predicted octanol–water partition coefficient (Wildman–Crippen LogP) is 1.24. The van der Waals surface area contributed by atoms with E-state index in [-0.39, 0.29) is 11.6 Å². The monoisotopic (exact) mass is 233 g/mol. The zero-order valence-electron chi connectivity index (χ0n) is 9.83. The first kappa shape index (κ1) is 11.4. The van der Waals surface area contributed by atoms with Gasteiger partial charge in [-0.15, -0.1) is 0 Å². The minimum absolute atomic E-state index is 0.123. The van der Waals surface area contributed by atoms with Crippen LogP contribution in [0.5, 0.6) is 0 Å². The van der Waals surface area contributed by atoms with E-state index >= 15 is 0 Å². The number of aromatic nitrogens is 2. The molecular formula is C12H15N3O2. The molecule has 0 radical (unpaired) electrons. The van der Waals surface area contributed by atoms with Gasteiger partial charge in [0, 0.05) is 12.1 Å². The summed E-state index contributed by atoms with van der Waals surface area (Å²) < 4.78 is 0. The number of hydrogen-bond donors (Lipinski definition) is 3. The Hall–Kier alpha value is -2.04. The molecule has 2 rings (SSSR count). The molecule has 0 bridgehead atoms. The van der Waals surface area contributed by atoms with Crippen LogP contribution in [0.4, 0.5) is 0 Å². The van der Waals surface area contributed by atoms with Gasteiger partial charge in [0.2, 0.25) is 0 Å². The Morgan fingerprint density at radius 1 is 1.29 bits per heavy atom. The molecule has 3 N–H and O–H groups in total. The SMILES string of the molecule is CC(C)CNC(=O)c1ccc2[nH]c(=O)[nH]c2c1. The Labute approximate surface area is 98.2 Å². The maximum Gasteiger partial charge on any atom is 0.323 e. The molecule has 0 saturated heterocycles. The number of carbonyl (C=O) groups is 1. The molecule has 1 heterocycles. The van der Waals surface area contributed by atoms with Gasteiger partial charge >= 0.3 is 5.69 Å². The summed E-state index contributed by atoms with van der Waals surface area (Å²) in [6.07, 6.45) is 0. The van der Waals surface area contributed by atoms with Gasteiger partial charge in [-0.1, -0.05) is 13.8 Å². The van der Waals surface area contributed by atoms with Gasteiger partial charge in [0.25, 0.3) is 5.91 Å². The average molecular weight is 233 g/mol. The van der Waals surface area contributed by atoms with Crippen LogP contribution in [0, 0.1) is 5.92 Å². The van der Waals surface area contributed by atoms with Crippen molar-refractivity contribution in [3.63, 3.8) is 0 Å². The van der Waals surface area contributed by atoms with Crippen molar-refractivity contribution in [2.24, 2.45) is 5.92 Å². The summed E-state index contributed by atoms with van der Waals surface area (Å²) >= 11 is 0. The third kappa shape index (κ3) is 2.55. The van der Waals surface area contributed by atoms with Gasteiger partial charge in [-0.3, -0.25) is 4.79 Å². The molecule has 1 amide bonds. The molecular weight excluding hydrogens is 218 g/mol. The predicted molar refractivity (Wildman–Crippen MR) is 66.1 cm³/mol. The first-order valence-electron chi connectivity index (χ1n) is 5.56. The normalized spacial score (nSPS) is 11.0. The van der Waals surface area contributed by atoms with E-state index in [2.05, 4.69) is 15.3 Å². The number of fused-ring (bicyclic) bond motifs is 1. The van der Waals surface area contributed by atoms with Crippen molar-refractivity contribution in [1.29, 1.82) is 0 Å². The molecule has 0 unspecified atom stereocenters.